The number of hydrogen-bond donors (Lipinski definition) is 0. The van der Waals surface area contributed by atoms with Gasteiger partial charge in [-0.3, -0.25) is 0 Å². The molecule has 0 heteroatoms. The zero-order valence-electron chi connectivity index (χ0n) is 45.0. The highest BCUT2D eigenvalue weighted by Gasteiger charge is 2.55. The van der Waals surface area contributed by atoms with Gasteiger partial charge in [0.05, 0.1) is 5.41 Å². The molecule has 1 atom stereocenters. The Morgan fingerprint density at radius 1 is 0.284 bits per heavy atom. The summed E-state index contributed by atoms with van der Waals surface area (Å²) in [6, 6.07) is 111. The smallest absolute Gasteiger partial charge is 0.0723 e. The normalized spacial score (nSPS) is 14.9. The third-order valence-corrected chi connectivity index (χ3v) is 16.7. The molecule has 0 nitrogen and oxygen atoms in total. The van der Waals surface area contributed by atoms with Crippen LogP contribution >= 0.6 is 0 Å². The molecule has 0 aromatic heterocycles. The van der Waals surface area contributed by atoms with E-state index in [1.54, 1.807) is 0 Å². The van der Waals surface area contributed by atoms with Gasteiger partial charge in [0.15, 0.2) is 0 Å². The van der Waals surface area contributed by atoms with Crippen LogP contribution in [-0.4, -0.2) is 0 Å². The van der Waals surface area contributed by atoms with E-state index in [0.717, 1.165) is 17.5 Å². The summed E-state index contributed by atoms with van der Waals surface area (Å²) < 4.78 is 0. The van der Waals surface area contributed by atoms with Gasteiger partial charge in [-0.15, -0.1) is 0 Å². The third-order valence-electron chi connectivity index (χ3n) is 16.7. The van der Waals surface area contributed by atoms with E-state index in [9.17, 15) is 0 Å². The van der Waals surface area contributed by atoms with Crippen molar-refractivity contribution < 1.29 is 0 Å². The van der Waals surface area contributed by atoms with E-state index in [0.29, 0.717) is 0 Å². The maximum atomic E-state index is 2.70. The van der Waals surface area contributed by atoms with Crippen LogP contribution in [0, 0.1) is 5.41 Å². The molecule has 11 aromatic rings. The molecule has 0 amide bonds. The number of fused-ring (bicyclic) bond motifs is 10. The molecule has 0 saturated carbocycles. The first kappa shape index (κ1) is 49.2. The second kappa shape index (κ2) is 21.2. The van der Waals surface area contributed by atoms with E-state index in [-0.39, 0.29) is 0 Å². The van der Waals surface area contributed by atoms with Crippen molar-refractivity contribution in [2.45, 2.75) is 11.8 Å². The van der Waals surface area contributed by atoms with E-state index in [4.69, 9.17) is 0 Å². The Morgan fingerprint density at radius 3 is 0.975 bits per heavy atom. The molecule has 3 aliphatic carbocycles. The summed E-state index contributed by atoms with van der Waals surface area (Å²) in [6.07, 6.45) is 16.0. The molecule has 0 radical (unpaired) electrons. The Morgan fingerprint density at radius 2 is 0.593 bits per heavy atom. The summed E-state index contributed by atoms with van der Waals surface area (Å²) in [5, 5.41) is 0. The van der Waals surface area contributed by atoms with Gasteiger partial charge in [-0.05, 0) is 153 Å². The lowest BCUT2D eigenvalue weighted by molar-refractivity contribution is 0.620. The fourth-order valence-electron chi connectivity index (χ4n) is 13.1. The van der Waals surface area contributed by atoms with Gasteiger partial charge in [-0.1, -0.05) is 315 Å². The fourth-order valence-corrected chi connectivity index (χ4v) is 13.1. The van der Waals surface area contributed by atoms with Crippen molar-refractivity contribution in [3.63, 3.8) is 0 Å². The summed E-state index contributed by atoms with van der Waals surface area (Å²) in [5.74, 6) is 0. The van der Waals surface area contributed by atoms with Crippen LogP contribution < -0.4 is 0 Å². The number of benzene rings is 11. The van der Waals surface area contributed by atoms with Gasteiger partial charge in [0.25, 0.3) is 0 Å². The summed E-state index contributed by atoms with van der Waals surface area (Å²) in [5.41, 5.74) is 25.5. The molecule has 382 valence electrons. The lowest BCUT2D eigenvalue weighted by Crippen LogP contribution is -2.29. The van der Waals surface area contributed by atoms with Crippen LogP contribution in [0.15, 0.2) is 333 Å². The lowest BCUT2D eigenvalue weighted by atomic mass is 9.65. The topological polar surface area (TPSA) is 0 Å². The highest BCUT2D eigenvalue weighted by molar-refractivity contribution is 6.03. The lowest BCUT2D eigenvalue weighted by Gasteiger charge is -2.37. The van der Waals surface area contributed by atoms with Gasteiger partial charge < -0.3 is 0 Å². The molecule has 0 N–H and O–H groups in total. The zero-order chi connectivity index (χ0) is 54.0. The third kappa shape index (κ3) is 9.12. The molecule has 1 spiro atoms. The Hall–Kier alpha value is -10.1. The van der Waals surface area contributed by atoms with Gasteiger partial charge in [-0.25, -0.2) is 0 Å². The molecular formula is C81H58. The molecule has 0 bridgehead atoms. The van der Waals surface area contributed by atoms with Crippen LogP contribution in [0.5, 0.6) is 0 Å². The first-order valence-electron chi connectivity index (χ1n) is 28.3. The van der Waals surface area contributed by atoms with E-state index in [1.165, 1.54) is 111 Å². The van der Waals surface area contributed by atoms with Gasteiger partial charge in [0.1, 0.15) is 0 Å². The maximum absolute atomic E-state index is 2.70. The second-order valence-corrected chi connectivity index (χ2v) is 21.6. The van der Waals surface area contributed by atoms with Crippen molar-refractivity contribution in [1.29, 1.82) is 0 Å². The van der Waals surface area contributed by atoms with Crippen LogP contribution in [0.3, 0.4) is 0 Å². The van der Waals surface area contributed by atoms with Crippen LogP contribution in [-0.2, 0) is 5.41 Å². The average Bonchev–Trinajstić information content (AvgIpc) is 4.17. The molecule has 0 heterocycles. The SMILES string of the molecule is C(=C(c1ccccc1)c1ccccc1)c1ccc2c(c1)C1(C3=CC(C=C(c4ccccc4)c4ccccc4)(C=C(c4ccccc4)c4ccccc4)CC=C32)c2ccccc2-c2ccc(C=C(c3ccccc3)c3ccccc3)cc21. The van der Waals surface area contributed by atoms with Crippen molar-refractivity contribution in [3.8, 4) is 11.1 Å². The predicted octanol–water partition coefficient (Wildman–Crippen LogP) is 20.2. The Balaban J connectivity index is 1.09. The van der Waals surface area contributed by atoms with Crippen LogP contribution in [0.4, 0.5) is 0 Å². The standard InChI is InChI=1S/C81H58/c1-9-27-60(28-10-1)72(61-29-11-2-12-30-61)51-58-45-47-69-68-43-25-26-44-76(68)81(77(69)53-58)78-54-59(52-73(62-31-13-3-14-32-62)63-33-15-4-16-34-63)46-48-70(78)71-49-50-80(57-79(71)81,55-74(64-35-17-5-18-36-64)65-37-19-6-20-38-65)56-75(66-39-21-7-22-40-66)67-41-23-8-24-42-67/h1-49,51-57H,50H2. The van der Waals surface area contributed by atoms with E-state index in [1.807, 2.05) is 0 Å². The Labute approximate surface area is 476 Å². The summed E-state index contributed by atoms with van der Waals surface area (Å²) >= 11 is 0. The van der Waals surface area contributed by atoms with Crippen molar-refractivity contribution in [2.75, 3.05) is 0 Å². The Bertz CT molecular complexity index is 4020. The predicted molar refractivity (Wildman–Crippen MR) is 341 cm³/mol. The summed E-state index contributed by atoms with van der Waals surface area (Å²) in [7, 11) is 0. The van der Waals surface area contributed by atoms with Crippen molar-refractivity contribution in [3.05, 3.63) is 411 Å². The fraction of sp³-hybridized carbons (Fsp3) is 0.0370. The average molecular weight is 1030 g/mol. The number of allylic oxidation sites excluding steroid dienone is 6. The number of hydrogen-bond acceptors (Lipinski definition) is 0. The van der Waals surface area contributed by atoms with E-state index in [2.05, 4.69) is 340 Å². The molecule has 1 unspecified atom stereocenters. The van der Waals surface area contributed by atoms with Gasteiger partial charge in [0.2, 0.25) is 0 Å². The maximum Gasteiger partial charge on any atom is 0.0723 e. The molecule has 0 fully saturated rings. The largest absolute Gasteiger partial charge is 0.0748 e. The molecule has 0 saturated heterocycles. The minimum atomic E-state index is -0.702. The summed E-state index contributed by atoms with van der Waals surface area (Å²) in [6.45, 7) is 0. The second-order valence-electron chi connectivity index (χ2n) is 21.6. The van der Waals surface area contributed by atoms with Gasteiger partial charge >= 0.3 is 0 Å². The molecule has 0 aliphatic heterocycles. The first-order chi connectivity index (χ1) is 40.1. The van der Waals surface area contributed by atoms with Gasteiger partial charge in [0, 0.05) is 5.41 Å². The molecular weight excluding hydrogens is 973 g/mol. The van der Waals surface area contributed by atoms with E-state index < -0.39 is 10.8 Å². The Kier molecular flexibility index (Phi) is 12.9. The monoisotopic (exact) mass is 1030 g/mol. The molecule has 81 heavy (non-hydrogen) atoms. The molecule has 11 aromatic carbocycles. The highest BCUT2D eigenvalue weighted by atomic mass is 14.6. The quantitative estimate of drug-likeness (QED) is 0.107. The zero-order valence-corrected chi connectivity index (χ0v) is 45.0. The first-order valence-corrected chi connectivity index (χ1v) is 28.3. The van der Waals surface area contributed by atoms with Crippen LogP contribution in [0.25, 0.3) is 51.1 Å². The summed E-state index contributed by atoms with van der Waals surface area (Å²) in [4.78, 5) is 0. The molecule has 3 aliphatic rings. The molecule has 14 rings (SSSR count). The highest BCUT2D eigenvalue weighted by Crippen LogP contribution is 2.66. The minimum Gasteiger partial charge on any atom is -0.0748 e. The number of rotatable bonds is 12. The van der Waals surface area contributed by atoms with Crippen LogP contribution in [0.1, 0.15) is 84.3 Å². The van der Waals surface area contributed by atoms with Crippen molar-refractivity contribution in [1.82, 2.24) is 0 Å². The van der Waals surface area contributed by atoms with Crippen molar-refractivity contribution in [2.24, 2.45) is 5.41 Å². The van der Waals surface area contributed by atoms with E-state index >= 15 is 0 Å². The van der Waals surface area contributed by atoms with Gasteiger partial charge in [-0.2, -0.15) is 0 Å². The van der Waals surface area contributed by atoms with Crippen molar-refractivity contribution >= 4 is 40.0 Å². The minimum absolute atomic E-state index is 0.630. The van der Waals surface area contributed by atoms with Crippen LogP contribution in [0.2, 0.25) is 0 Å².